The molecule has 1 amide bonds. The topological polar surface area (TPSA) is 71.2 Å². The molecule has 0 fully saturated rings. The summed E-state index contributed by atoms with van der Waals surface area (Å²) in [5, 5.41) is 5.10. The first-order valence-electron chi connectivity index (χ1n) is 7.82. The minimum atomic E-state index is -0.570. The summed E-state index contributed by atoms with van der Waals surface area (Å²) in [6.07, 6.45) is 1.62. The van der Waals surface area contributed by atoms with Gasteiger partial charge in [-0.3, -0.25) is 4.79 Å². The Labute approximate surface area is 153 Å². The first kappa shape index (κ1) is 17.2. The Morgan fingerprint density at radius 1 is 1.16 bits per heavy atom. The van der Waals surface area contributed by atoms with Crippen LogP contribution in [0.15, 0.2) is 59.2 Å². The van der Waals surface area contributed by atoms with Crippen molar-refractivity contribution in [3.8, 4) is 0 Å². The lowest BCUT2D eigenvalue weighted by molar-refractivity contribution is -0.124. The Hall–Kier alpha value is -2.60. The molecule has 1 atom stereocenters. The van der Waals surface area contributed by atoms with Gasteiger partial charge in [-0.05, 0) is 51.3 Å². The zero-order valence-corrected chi connectivity index (χ0v) is 15.2. The fourth-order valence-corrected chi connectivity index (χ4v) is 2.88. The summed E-state index contributed by atoms with van der Waals surface area (Å²) >= 11 is 3.24. The van der Waals surface area contributed by atoms with Crippen LogP contribution in [0.4, 0.5) is 0 Å². The van der Waals surface area contributed by atoms with Gasteiger partial charge in [0.2, 0.25) is 0 Å². The molecule has 0 saturated heterocycles. The number of aromatic nitrogens is 1. The van der Waals surface area contributed by atoms with Gasteiger partial charge in [0, 0.05) is 10.7 Å². The van der Waals surface area contributed by atoms with E-state index in [0.717, 1.165) is 20.8 Å². The number of halogens is 1. The lowest BCUT2D eigenvalue weighted by Gasteiger charge is -2.15. The number of H-pyrrole nitrogens is 1. The highest BCUT2D eigenvalue weighted by atomic mass is 79.9. The molecule has 0 spiro atoms. The molecule has 3 rings (SSSR count). The fraction of sp³-hybridized carbons (Fsp3) is 0.158. The van der Waals surface area contributed by atoms with Crippen LogP contribution in [0.1, 0.15) is 29.0 Å². The normalized spacial score (nSPS) is 11.9. The highest BCUT2D eigenvalue weighted by molar-refractivity contribution is 9.10. The van der Waals surface area contributed by atoms with Crippen molar-refractivity contribution in [2.24, 2.45) is 0 Å². The molecule has 0 bridgehead atoms. The molecular weight excluding hydrogens is 384 g/mol. The Bertz CT molecular complexity index is 920. The van der Waals surface area contributed by atoms with Crippen molar-refractivity contribution in [3.63, 3.8) is 0 Å². The van der Waals surface area contributed by atoms with Gasteiger partial charge in [-0.1, -0.05) is 36.4 Å². The lowest BCUT2D eigenvalue weighted by atomic mass is 10.0. The average Bonchev–Trinajstić information content (AvgIpc) is 3.05. The van der Waals surface area contributed by atoms with E-state index in [1.165, 1.54) is 0 Å². The summed E-state index contributed by atoms with van der Waals surface area (Å²) in [6.45, 7) is 1.57. The van der Waals surface area contributed by atoms with Crippen LogP contribution in [-0.2, 0) is 9.53 Å². The van der Waals surface area contributed by atoms with E-state index in [1.807, 2.05) is 49.4 Å². The monoisotopic (exact) mass is 400 g/mol. The van der Waals surface area contributed by atoms with E-state index >= 15 is 0 Å². The Morgan fingerprint density at radius 2 is 1.92 bits per heavy atom. The number of ether oxygens (including phenoxy) is 1. The van der Waals surface area contributed by atoms with Gasteiger partial charge in [-0.2, -0.15) is 0 Å². The van der Waals surface area contributed by atoms with E-state index in [0.29, 0.717) is 5.69 Å². The van der Waals surface area contributed by atoms with Gasteiger partial charge < -0.3 is 15.0 Å². The van der Waals surface area contributed by atoms with Crippen LogP contribution >= 0.6 is 15.9 Å². The summed E-state index contributed by atoms with van der Waals surface area (Å²) < 4.78 is 5.75. The molecule has 1 heterocycles. The molecule has 128 valence electrons. The number of carbonyl (C=O) groups excluding carboxylic acids is 2. The summed E-state index contributed by atoms with van der Waals surface area (Å²) in [5.74, 6) is -0.918. The zero-order valence-electron chi connectivity index (χ0n) is 13.6. The molecule has 5 nitrogen and oxygen atoms in total. The van der Waals surface area contributed by atoms with Crippen LogP contribution in [0.3, 0.4) is 0 Å². The number of benzene rings is 2. The molecular formula is C19H17BrN2O3. The van der Waals surface area contributed by atoms with Crippen molar-refractivity contribution in [2.75, 3.05) is 6.61 Å². The third-order valence-corrected chi connectivity index (χ3v) is 4.31. The number of hydrogen-bond acceptors (Lipinski definition) is 3. The maximum Gasteiger partial charge on any atom is 0.355 e. The number of nitrogens with one attached hydrogen (secondary N) is 2. The molecule has 3 aromatic rings. The van der Waals surface area contributed by atoms with E-state index in [4.69, 9.17) is 4.74 Å². The molecule has 0 radical (unpaired) electrons. The standard InChI is InChI=1S/C19H17BrN2O3/c1-12(14-7-6-13-4-2-3-5-15(13)8-14)22-18(23)11-25-19(24)17-9-16(20)10-21-17/h2-10,12,21H,11H2,1H3,(H,22,23)/t12-/m0/s1. The largest absolute Gasteiger partial charge is 0.451 e. The van der Waals surface area contributed by atoms with Gasteiger partial charge >= 0.3 is 5.97 Å². The third-order valence-electron chi connectivity index (χ3n) is 3.85. The van der Waals surface area contributed by atoms with Crippen molar-refractivity contribution < 1.29 is 14.3 Å². The molecule has 2 aromatic carbocycles. The second-order valence-corrected chi connectivity index (χ2v) is 6.62. The molecule has 0 saturated carbocycles. The molecule has 2 N–H and O–H groups in total. The van der Waals surface area contributed by atoms with Gasteiger partial charge in [0.15, 0.2) is 6.61 Å². The summed E-state index contributed by atoms with van der Waals surface area (Å²) in [7, 11) is 0. The lowest BCUT2D eigenvalue weighted by Crippen LogP contribution is -2.31. The first-order chi connectivity index (χ1) is 12.0. The number of rotatable bonds is 5. The van der Waals surface area contributed by atoms with Crippen LogP contribution in [-0.4, -0.2) is 23.5 Å². The predicted molar refractivity (Wildman–Crippen MR) is 99.3 cm³/mol. The second-order valence-electron chi connectivity index (χ2n) is 5.70. The minimum Gasteiger partial charge on any atom is -0.451 e. The number of esters is 1. The number of hydrogen-bond donors (Lipinski definition) is 2. The molecule has 0 unspecified atom stereocenters. The van der Waals surface area contributed by atoms with Crippen molar-refractivity contribution >= 4 is 38.6 Å². The minimum absolute atomic E-state index is 0.185. The second kappa shape index (κ2) is 7.53. The van der Waals surface area contributed by atoms with Crippen LogP contribution in [0.5, 0.6) is 0 Å². The SMILES string of the molecule is C[C@H](NC(=O)COC(=O)c1cc(Br)c[nH]1)c1ccc2ccccc2c1. The number of carbonyl (C=O) groups is 2. The zero-order chi connectivity index (χ0) is 17.8. The fourth-order valence-electron chi connectivity index (χ4n) is 2.54. The first-order valence-corrected chi connectivity index (χ1v) is 8.61. The summed E-state index contributed by atoms with van der Waals surface area (Å²) in [4.78, 5) is 26.6. The van der Waals surface area contributed by atoms with Crippen molar-refractivity contribution in [1.82, 2.24) is 10.3 Å². The van der Waals surface area contributed by atoms with Crippen molar-refractivity contribution in [3.05, 3.63) is 70.5 Å². The van der Waals surface area contributed by atoms with E-state index in [2.05, 4.69) is 26.2 Å². The maximum atomic E-state index is 12.0. The van der Waals surface area contributed by atoms with Crippen LogP contribution in [0.25, 0.3) is 10.8 Å². The molecule has 6 heteroatoms. The highest BCUT2D eigenvalue weighted by Crippen LogP contribution is 2.20. The average molecular weight is 401 g/mol. The number of amides is 1. The van der Waals surface area contributed by atoms with E-state index in [-0.39, 0.29) is 18.6 Å². The van der Waals surface area contributed by atoms with Crippen LogP contribution in [0, 0.1) is 0 Å². The summed E-state index contributed by atoms with van der Waals surface area (Å²) in [5.41, 5.74) is 1.29. The number of fused-ring (bicyclic) bond motifs is 1. The van der Waals surface area contributed by atoms with Gasteiger partial charge in [0.1, 0.15) is 5.69 Å². The van der Waals surface area contributed by atoms with Gasteiger partial charge in [0.25, 0.3) is 5.91 Å². The molecule has 0 aliphatic heterocycles. The van der Waals surface area contributed by atoms with Crippen LogP contribution in [0.2, 0.25) is 0 Å². The van der Waals surface area contributed by atoms with Gasteiger partial charge in [-0.15, -0.1) is 0 Å². The molecule has 1 aromatic heterocycles. The van der Waals surface area contributed by atoms with E-state index in [9.17, 15) is 9.59 Å². The van der Waals surface area contributed by atoms with Gasteiger partial charge in [0.05, 0.1) is 6.04 Å². The Balaban J connectivity index is 1.57. The molecule has 0 aliphatic rings. The highest BCUT2D eigenvalue weighted by Gasteiger charge is 2.14. The smallest absolute Gasteiger partial charge is 0.355 e. The Morgan fingerprint density at radius 3 is 2.64 bits per heavy atom. The van der Waals surface area contributed by atoms with E-state index < -0.39 is 5.97 Å². The molecule has 25 heavy (non-hydrogen) atoms. The van der Waals surface area contributed by atoms with Crippen molar-refractivity contribution in [2.45, 2.75) is 13.0 Å². The quantitative estimate of drug-likeness (QED) is 0.636. The predicted octanol–water partition coefficient (Wildman–Crippen LogP) is 3.96. The molecule has 0 aliphatic carbocycles. The Kier molecular flexibility index (Phi) is 5.19. The third kappa shape index (κ3) is 4.28. The van der Waals surface area contributed by atoms with Crippen LogP contribution < -0.4 is 5.32 Å². The van der Waals surface area contributed by atoms with Crippen molar-refractivity contribution in [1.29, 1.82) is 0 Å². The maximum absolute atomic E-state index is 12.0. The van der Waals surface area contributed by atoms with Gasteiger partial charge in [-0.25, -0.2) is 4.79 Å². The van der Waals surface area contributed by atoms with E-state index in [1.54, 1.807) is 12.3 Å². The number of aromatic amines is 1. The summed E-state index contributed by atoms with van der Waals surface area (Å²) in [6, 6.07) is 15.5.